The standard InChI is InChI=1S/C14H26O/c1-3-12-8-5-9-14(12,15)13-7-4-6-11(2)10-13/h11-13,15H,3-10H2,1-2H3. The molecular formula is C14H26O. The topological polar surface area (TPSA) is 20.2 Å². The lowest BCUT2D eigenvalue weighted by Gasteiger charge is -2.41. The average molecular weight is 210 g/mol. The molecular weight excluding hydrogens is 184 g/mol. The van der Waals surface area contributed by atoms with Crippen molar-refractivity contribution >= 4 is 0 Å². The largest absolute Gasteiger partial charge is 0.389 e. The number of hydrogen-bond donors (Lipinski definition) is 1. The van der Waals surface area contributed by atoms with E-state index in [2.05, 4.69) is 13.8 Å². The lowest BCUT2D eigenvalue weighted by Crippen LogP contribution is -2.43. The van der Waals surface area contributed by atoms with E-state index >= 15 is 0 Å². The number of hydrogen-bond acceptors (Lipinski definition) is 1. The van der Waals surface area contributed by atoms with Gasteiger partial charge in [-0.3, -0.25) is 0 Å². The SMILES string of the molecule is CCC1CCCC1(O)C1CCCC(C)C1. The van der Waals surface area contributed by atoms with E-state index < -0.39 is 0 Å². The molecule has 2 rings (SSSR count). The van der Waals surface area contributed by atoms with Crippen LogP contribution in [0.2, 0.25) is 0 Å². The molecule has 4 atom stereocenters. The molecule has 2 saturated carbocycles. The van der Waals surface area contributed by atoms with Gasteiger partial charge in [0.15, 0.2) is 0 Å². The summed E-state index contributed by atoms with van der Waals surface area (Å²) in [5, 5.41) is 10.9. The molecule has 0 saturated heterocycles. The second-order valence-corrected chi connectivity index (χ2v) is 5.96. The molecule has 2 fully saturated rings. The molecule has 2 aliphatic carbocycles. The van der Waals surface area contributed by atoms with Crippen molar-refractivity contribution in [2.75, 3.05) is 0 Å². The molecule has 2 aliphatic rings. The minimum atomic E-state index is -0.288. The average Bonchev–Trinajstić information content (AvgIpc) is 2.61. The molecule has 0 spiro atoms. The Morgan fingerprint density at radius 3 is 2.67 bits per heavy atom. The van der Waals surface area contributed by atoms with Crippen LogP contribution < -0.4 is 0 Å². The molecule has 15 heavy (non-hydrogen) atoms. The van der Waals surface area contributed by atoms with Crippen molar-refractivity contribution in [3.8, 4) is 0 Å². The van der Waals surface area contributed by atoms with Crippen molar-refractivity contribution in [3.63, 3.8) is 0 Å². The van der Waals surface area contributed by atoms with E-state index in [4.69, 9.17) is 0 Å². The van der Waals surface area contributed by atoms with Crippen LogP contribution in [-0.4, -0.2) is 10.7 Å². The van der Waals surface area contributed by atoms with Crippen LogP contribution in [0.25, 0.3) is 0 Å². The first-order valence-corrected chi connectivity index (χ1v) is 6.89. The van der Waals surface area contributed by atoms with Crippen molar-refractivity contribution in [3.05, 3.63) is 0 Å². The summed E-state index contributed by atoms with van der Waals surface area (Å²) in [7, 11) is 0. The lowest BCUT2D eigenvalue weighted by molar-refractivity contribution is -0.0707. The molecule has 0 aromatic rings. The Hall–Kier alpha value is -0.0400. The van der Waals surface area contributed by atoms with E-state index in [1.54, 1.807) is 0 Å². The normalized spacial score (nSPS) is 47.0. The molecule has 1 heteroatoms. The molecule has 0 aromatic carbocycles. The third-order valence-electron chi connectivity index (χ3n) is 4.97. The Balaban J connectivity index is 2.06. The van der Waals surface area contributed by atoms with E-state index in [-0.39, 0.29) is 5.60 Å². The Bertz CT molecular complexity index is 213. The van der Waals surface area contributed by atoms with Crippen molar-refractivity contribution in [2.45, 2.75) is 70.8 Å². The van der Waals surface area contributed by atoms with Gasteiger partial charge in [0.2, 0.25) is 0 Å². The third kappa shape index (κ3) is 2.08. The van der Waals surface area contributed by atoms with Gasteiger partial charge in [-0.25, -0.2) is 0 Å². The summed E-state index contributed by atoms with van der Waals surface area (Å²) in [6, 6.07) is 0. The molecule has 1 nitrogen and oxygen atoms in total. The zero-order valence-corrected chi connectivity index (χ0v) is 10.3. The van der Waals surface area contributed by atoms with Gasteiger partial charge in [-0.05, 0) is 43.4 Å². The Labute approximate surface area is 94.3 Å². The van der Waals surface area contributed by atoms with Crippen LogP contribution in [0.3, 0.4) is 0 Å². The second-order valence-electron chi connectivity index (χ2n) is 5.96. The molecule has 0 aliphatic heterocycles. The molecule has 0 aromatic heterocycles. The van der Waals surface area contributed by atoms with Gasteiger partial charge in [0, 0.05) is 0 Å². The Kier molecular flexibility index (Phi) is 3.39. The highest BCUT2D eigenvalue weighted by Gasteiger charge is 2.46. The highest BCUT2D eigenvalue weighted by molar-refractivity contribution is 4.98. The predicted molar refractivity (Wildman–Crippen MR) is 63.7 cm³/mol. The number of aliphatic hydroxyl groups is 1. The minimum Gasteiger partial charge on any atom is -0.389 e. The summed E-state index contributed by atoms with van der Waals surface area (Å²) in [5.74, 6) is 2.03. The predicted octanol–water partition coefficient (Wildman–Crippen LogP) is 3.75. The molecule has 88 valence electrons. The van der Waals surface area contributed by atoms with Gasteiger partial charge < -0.3 is 5.11 Å². The van der Waals surface area contributed by atoms with Gasteiger partial charge in [0.1, 0.15) is 0 Å². The van der Waals surface area contributed by atoms with Crippen molar-refractivity contribution in [2.24, 2.45) is 17.8 Å². The Morgan fingerprint density at radius 2 is 2.00 bits per heavy atom. The van der Waals surface area contributed by atoms with Gasteiger partial charge in [0.05, 0.1) is 5.60 Å². The van der Waals surface area contributed by atoms with E-state index in [1.807, 2.05) is 0 Å². The molecule has 0 bridgehead atoms. The van der Waals surface area contributed by atoms with Crippen LogP contribution in [-0.2, 0) is 0 Å². The highest BCUT2D eigenvalue weighted by atomic mass is 16.3. The van der Waals surface area contributed by atoms with E-state index in [9.17, 15) is 5.11 Å². The fraction of sp³-hybridized carbons (Fsp3) is 1.00. The van der Waals surface area contributed by atoms with Crippen LogP contribution in [0.5, 0.6) is 0 Å². The summed E-state index contributed by atoms with van der Waals surface area (Å²) in [5.41, 5.74) is -0.288. The van der Waals surface area contributed by atoms with Gasteiger partial charge in [-0.2, -0.15) is 0 Å². The molecule has 0 heterocycles. The van der Waals surface area contributed by atoms with Crippen LogP contribution in [0.1, 0.15) is 65.2 Å². The Morgan fingerprint density at radius 1 is 1.20 bits per heavy atom. The quantitative estimate of drug-likeness (QED) is 0.736. The zero-order chi connectivity index (χ0) is 10.9. The smallest absolute Gasteiger partial charge is 0.0703 e. The van der Waals surface area contributed by atoms with E-state index in [0.717, 1.165) is 12.3 Å². The lowest BCUT2D eigenvalue weighted by atomic mass is 9.69. The van der Waals surface area contributed by atoms with Crippen molar-refractivity contribution in [1.82, 2.24) is 0 Å². The highest BCUT2D eigenvalue weighted by Crippen LogP contribution is 2.48. The molecule has 0 radical (unpaired) electrons. The van der Waals surface area contributed by atoms with Gasteiger partial charge in [-0.15, -0.1) is 0 Å². The van der Waals surface area contributed by atoms with Crippen LogP contribution >= 0.6 is 0 Å². The van der Waals surface area contributed by atoms with Crippen LogP contribution in [0.4, 0.5) is 0 Å². The summed E-state index contributed by atoms with van der Waals surface area (Å²) in [6.45, 7) is 4.60. The molecule has 0 amide bonds. The summed E-state index contributed by atoms with van der Waals surface area (Å²) >= 11 is 0. The fourth-order valence-electron chi connectivity index (χ4n) is 4.07. The van der Waals surface area contributed by atoms with Gasteiger partial charge in [-0.1, -0.05) is 39.5 Å². The fourth-order valence-corrected chi connectivity index (χ4v) is 4.07. The molecule has 1 N–H and O–H groups in total. The van der Waals surface area contributed by atoms with Crippen LogP contribution in [0.15, 0.2) is 0 Å². The van der Waals surface area contributed by atoms with Gasteiger partial charge in [0.25, 0.3) is 0 Å². The van der Waals surface area contributed by atoms with E-state index in [1.165, 1.54) is 44.9 Å². The first-order valence-electron chi connectivity index (χ1n) is 6.89. The monoisotopic (exact) mass is 210 g/mol. The maximum absolute atomic E-state index is 10.9. The van der Waals surface area contributed by atoms with Crippen molar-refractivity contribution in [1.29, 1.82) is 0 Å². The second kappa shape index (κ2) is 4.45. The van der Waals surface area contributed by atoms with Gasteiger partial charge >= 0.3 is 0 Å². The molecule has 4 unspecified atom stereocenters. The summed E-state index contributed by atoms with van der Waals surface area (Å²) in [4.78, 5) is 0. The zero-order valence-electron chi connectivity index (χ0n) is 10.3. The number of rotatable bonds is 2. The third-order valence-corrected chi connectivity index (χ3v) is 4.97. The van der Waals surface area contributed by atoms with Crippen molar-refractivity contribution < 1.29 is 5.11 Å². The minimum absolute atomic E-state index is 0.288. The first-order chi connectivity index (χ1) is 7.16. The first kappa shape index (κ1) is 11.4. The summed E-state index contributed by atoms with van der Waals surface area (Å²) in [6.07, 6.45) is 10.0. The summed E-state index contributed by atoms with van der Waals surface area (Å²) < 4.78 is 0. The maximum Gasteiger partial charge on any atom is 0.0703 e. The van der Waals surface area contributed by atoms with E-state index in [0.29, 0.717) is 11.8 Å². The van der Waals surface area contributed by atoms with Crippen LogP contribution in [0, 0.1) is 17.8 Å². The maximum atomic E-state index is 10.9.